The topological polar surface area (TPSA) is 41.6 Å². The molecule has 1 amide bonds. The lowest BCUT2D eigenvalue weighted by molar-refractivity contribution is -0.127. The number of hydrogen-bond acceptors (Lipinski definition) is 3. The molecule has 3 rings (SSSR count). The molecule has 1 saturated carbocycles. The van der Waals surface area contributed by atoms with Crippen LogP contribution in [0.3, 0.4) is 0 Å². The summed E-state index contributed by atoms with van der Waals surface area (Å²) in [4.78, 5) is 14.1. The first kappa shape index (κ1) is 17.1. The van der Waals surface area contributed by atoms with Gasteiger partial charge in [0.2, 0.25) is 5.91 Å². The van der Waals surface area contributed by atoms with E-state index in [1.54, 1.807) is 12.1 Å². The maximum atomic E-state index is 12.5. The summed E-state index contributed by atoms with van der Waals surface area (Å²) in [5.41, 5.74) is 0.775. The van der Waals surface area contributed by atoms with E-state index in [1.165, 1.54) is 0 Å². The van der Waals surface area contributed by atoms with Gasteiger partial charge >= 0.3 is 6.61 Å². The highest BCUT2D eigenvalue weighted by Gasteiger charge is 2.27. The van der Waals surface area contributed by atoms with E-state index in [0.717, 1.165) is 44.3 Å². The minimum Gasteiger partial charge on any atom is -0.434 e. The van der Waals surface area contributed by atoms with Crippen molar-refractivity contribution in [2.75, 3.05) is 19.6 Å². The lowest BCUT2D eigenvalue weighted by Gasteiger charge is -2.25. The highest BCUT2D eigenvalue weighted by Crippen LogP contribution is 2.27. The summed E-state index contributed by atoms with van der Waals surface area (Å²) in [5.74, 6) is 1.09. The summed E-state index contributed by atoms with van der Waals surface area (Å²) < 4.78 is 29.5. The van der Waals surface area contributed by atoms with E-state index >= 15 is 0 Å². The lowest BCUT2D eigenvalue weighted by atomic mass is 9.85. The standard InChI is InChI=1S/C18H24F2N2O2/c19-18(20)24-16-7-2-1-4-15(16)12-22-9-8-13(11-22)10-21-17(23)14-5-3-6-14/h1-2,4,7,13-14,18H,3,5-6,8-12H2,(H,21,23)/t13-/m0/s1. The van der Waals surface area contributed by atoms with E-state index in [2.05, 4.69) is 15.0 Å². The number of ether oxygens (including phenoxy) is 1. The van der Waals surface area contributed by atoms with E-state index < -0.39 is 6.61 Å². The van der Waals surface area contributed by atoms with Gasteiger partial charge in [-0.25, -0.2) is 0 Å². The number of likely N-dealkylation sites (tertiary alicyclic amines) is 1. The fraction of sp³-hybridized carbons (Fsp3) is 0.611. The molecule has 0 aromatic heterocycles. The molecule has 1 aliphatic heterocycles. The molecule has 1 aromatic carbocycles. The van der Waals surface area contributed by atoms with E-state index in [1.807, 2.05) is 12.1 Å². The van der Waals surface area contributed by atoms with Crippen LogP contribution in [-0.2, 0) is 11.3 Å². The van der Waals surface area contributed by atoms with Crippen LogP contribution in [0.15, 0.2) is 24.3 Å². The van der Waals surface area contributed by atoms with Crippen LogP contribution >= 0.6 is 0 Å². The monoisotopic (exact) mass is 338 g/mol. The van der Waals surface area contributed by atoms with Gasteiger partial charge in [-0.3, -0.25) is 9.69 Å². The van der Waals surface area contributed by atoms with Gasteiger partial charge in [0, 0.05) is 31.1 Å². The van der Waals surface area contributed by atoms with Gasteiger partial charge in [-0.05, 0) is 37.8 Å². The molecule has 1 aromatic rings. The SMILES string of the molecule is O=C(NC[C@@H]1CCN(Cc2ccccc2OC(F)F)C1)C1CCC1. The summed E-state index contributed by atoms with van der Waals surface area (Å²) in [6.07, 6.45) is 4.21. The fourth-order valence-electron chi connectivity index (χ4n) is 3.37. The molecule has 1 heterocycles. The second-order valence-electron chi connectivity index (χ2n) is 6.75. The average molecular weight is 338 g/mol. The number of halogens is 2. The molecule has 2 aliphatic rings. The van der Waals surface area contributed by atoms with Gasteiger partial charge in [0.1, 0.15) is 5.75 Å². The molecule has 4 nitrogen and oxygen atoms in total. The second kappa shape index (κ2) is 7.92. The Morgan fingerprint density at radius 1 is 1.29 bits per heavy atom. The number of alkyl halides is 2. The molecule has 6 heteroatoms. The van der Waals surface area contributed by atoms with Crippen molar-refractivity contribution < 1.29 is 18.3 Å². The number of hydrogen-bond donors (Lipinski definition) is 1. The predicted molar refractivity (Wildman–Crippen MR) is 86.8 cm³/mol. The zero-order valence-electron chi connectivity index (χ0n) is 13.7. The summed E-state index contributed by atoms with van der Waals surface area (Å²) in [6.45, 7) is 0.275. The quantitative estimate of drug-likeness (QED) is 0.831. The third-order valence-electron chi connectivity index (χ3n) is 4.99. The van der Waals surface area contributed by atoms with Gasteiger partial charge in [0.05, 0.1) is 0 Å². The molecule has 132 valence electrons. The van der Waals surface area contributed by atoms with Crippen LogP contribution in [0.2, 0.25) is 0 Å². The fourth-order valence-corrected chi connectivity index (χ4v) is 3.37. The Labute approximate surface area is 141 Å². The van der Waals surface area contributed by atoms with Crippen LogP contribution in [0.1, 0.15) is 31.2 Å². The van der Waals surface area contributed by atoms with Crippen LogP contribution in [0, 0.1) is 11.8 Å². The number of carbonyl (C=O) groups is 1. The first-order chi connectivity index (χ1) is 11.6. The number of para-hydroxylation sites is 1. The van der Waals surface area contributed by atoms with Crippen molar-refractivity contribution in [2.24, 2.45) is 11.8 Å². The van der Waals surface area contributed by atoms with Crippen molar-refractivity contribution in [2.45, 2.75) is 38.8 Å². The molecule has 0 bridgehead atoms. The van der Waals surface area contributed by atoms with Crippen molar-refractivity contribution in [3.8, 4) is 5.75 Å². The number of rotatable bonds is 7. The van der Waals surface area contributed by atoms with Crippen molar-refractivity contribution in [3.63, 3.8) is 0 Å². The molecule has 24 heavy (non-hydrogen) atoms. The largest absolute Gasteiger partial charge is 0.434 e. The van der Waals surface area contributed by atoms with Gasteiger partial charge in [-0.1, -0.05) is 24.6 Å². The van der Waals surface area contributed by atoms with Gasteiger partial charge in [0.25, 0.3) is 0 Å². The molecular weight excluding hydrogens is 314 g/mol. The van der Waals surface area contributed by atoms with Gasteiger partial charge < -0.3 is 10.1 Å². The maximum absolute atomic E-state index is 12.5. The molecule has 1 saturated heterocycles. The molecular formula is C18H24F2N2O2. The Morgan fingerprint density at radius 2 is 2.08 bits per heavy atom. The van der Waals surface area contributed by atoms with Crippen LogP contribution in [0.4, 0.5) is 8.78 Å². The van der Waals surface area contributed by atoms with Crippen LogP contribution in [0.5, 0.6) is 5.75 Å². The summed E-state index contributed by atoms with van der Waals surface area (Å²) >= 11 is 0. The Balaban J connectivity index is 1.46. The van der Waals surface area contributed by atoms with E-state index in [0.29, 0.717) is 19.0 Å². The van der Waals surface area contributed by atoms with Crippen LogP contribution in [-0.4, -0.2) is 37.1 Å². The van der Waals surface area contributed by atoms with Crippen molar-refractivity contribution in [1.29, 1.82) is 0 Å². The molecule has 1 atom stereocenters. The minimum atomic E-state index is -2.81. The number of carbonyl (C=O) groups excluding carboxylic acids is 1. The Bertz CT molecular complexity index is 564. The zero-order chi connectivity index (χ0) is 16.9. The molecule has 1 aliphatic carbocycles. The minimum absolute atomic E-state index is 0.190. The maximum Gasteiger partial charge on any atom is 0.387 e. The Hall–Kier alpha value is -1.69. The van der Waals surface area contributed by atoms with Crippen LogP contribution < -0.4 is 10.1 Å². The highest BCUT2D eigenvalue weighted by atomic mass is 19.3. The van der Waals surface area contributed by atoms with E-state index in [4.69, 9.17) is 0 Å². The third-order valence-corrected chi connectivity index (χ3v) is 4.99. The molecule has 2 fully saturated rings. The van der Waals surface area contributed by atoms with E-state index in [-0.39, 0.29) is 17.6 Å². The number of nitrogens with one attached hydrogen (secondary N) is 1. The number of amides is 1. The molecule has 0 radical (unpaired) electrons. The van der Waals surface area contributed by atoms with Crippen molar-refractivity contribution >= 4 is 5.91 Å². The number of nitrogens with zero attached hydrogens (tertiary/aromatic N) is 1. The molecule has 0 spiro atoms. The van der Waals surface area contributed by atoms with E-state index in [9.17, 15) is 13.6 Å². The van der Waals surface area contributed by atoms with Gasteiger partial charge in [-0.2, -0.15) is 8.78 Å². The normalized spacial score (nSPS) is 21.7. The Kier molecular flexibility index (Phi) is 5.66. The molecule has 0 unspecified atom stereocenters. The van der Waals surface area contributed by atoms with Crippen molar-refractivity contribution in [3.05, 3.63) is 29.8 Å². The number of benzene rings is 1. The first-order valence-corrected chi connectivity index (χ1v) is 8.64. The zero-order valence-corrected chi connectivity index (χ0v) is 13.7. The van der Waals surface area contributed by atoms with Gasteiger partial charge in [-0.15, -0.1) is 0 Å². The second-order valence-corrected chi connectivity index (χ2v) is 6.75. The predicted octanol–water partition coefficient (Wildman–Crippen LogP) is 3.03. The summed E-state index contributed by atoms with van der Waals surface area (Å²) in [5, 5.41) is 3.06. The molecule has 1 N–H and O–H groups in total. The highest BCUT2D eigenvalue weighted by molar-refractivity contribution is 5.79. The summed E-state index contributed by atoms with van der Waals surface area (Å²) in [7, 11) is 0. The van der Waals surface area contributed by atoms with Crippen LogP contribution in [0.25, 0.3) is 0 Å². The third kappa shape index (κ3) is 4.44. The smallest absolute Gasteiger partial charge is 0.387 e. The van der Waals surface area contributed by atoms with Crippen molar-refractivity contribution in [1.82, 2.24) is 10.2 Å². The van der Waals surface area contributed by atoms with Gasteiger partial charge in [0.15, 0.2) is 0 Å². The first-order valence-electron chi connectivity index (χ1n) is 8.64. The lowest BCUT2D eigenvalue weighted by Crippen LogP contribution is -2.37. The summed E-state index contributed by atoms with van der Waals surface area (Å²) in [6, 6.07) is 6.93. The Morgan fingerprint density at radius 3 is 2.79 bits per heavy atom. The average Bonchev–Trinajstić information content (AvgIpc) is 2.92.